The first-order valence-corrected chi connectivity index (χ1v) is 3.83. The highest BCUT2D eigenvalue weighted by Crippen LogP contribution is 2.24. The van der Waals surface area contributed by atoms with Gasteiger partial charge in [0.2, 0.25) is 0 Å². The molecule has 11 heavy (non-hydrogen) atoms. The topological polar surface area (TPSA) is 24.7 Å². The van der Waals surface area contributed by atoms with Crippen LogP contribution in [0.4, 0.5) is 0 Å². The minimum absolute atomic E-state index is 0.456. The Kier molecular flexibility index (Phi) is 1.46. The molecule has 56 valence electrons. The van der Waals surface area contributed by atoms with Crippen LogP contribution in [0.3, 0.4) is 0 Å². The molecule has 0 aromatic rings. The molecular formula is C9H10N2. The van der Waals surface area contributed by atoms with Crippen LogP contribution in [0.5, 0.6) is 0 Å². The summed E-state index contributed by atoms with van der Waals surface area (Å²) in [6, 6.07) is 0. The van der Waals surface area contributed by atoms with E-state index in [1.165, 1.54) is 5.57 Å². The number of rotatable bonds is 0. The Hall–Kier alpha value is -1.18. The lowest BCUT2D eigenvalue weighted by Crippen LogP contribution is -2.19. The summed E-state index contributed by atoms with van der Waals surface area (Å²) in [5.74, 6) is 1.02. The van der Waals surface area contributed by atoms with Crippen LogP contribution in [0, 0.1) is 11.8 Å². The molecule has 0 saturated carbocycles. The number of hydrogen-bond acceptors (Lipinski definition) is 2. The largest absolute Gasteiger partial charge is 0.163 e. The van der Waals surface area contributed by atoms with E-state index >= 15 is 0 Å². The van der Waals surface area contributed by atoms with Gasteiger partial charge in [-0.25, -0.2) is 0 Å². The van der Waals surface area contributed by atoms with E-state index in [-0.39, 0.29) is 0 Å². The van der Waals surface area contributed by atoms with Crippen LogP contribution >= 0.6 is 0 Å². The first kappa shape index (κ1) is 6.53. The molecule has 2 nitrogen and oxygen atoms in total. The number of hydrogen-bond donors (Lipinski definition) is 0. The highest BCUT2D eigenvalue weighted by molar-refractivity contribution is 5.89. The maximum atomic E-state index is 3.88. The number of allylic oxidation sites excluding steroid dienone is 4. The first-order chi connectivity index (χ1) is 5.38. The predicted molar refractivity (Wildman–Crippen MR) is 46.9 cm³/mol. The lowest BCUT2D eigenvalue weighted by molar-refractivity contribution is 0.627. The second kappa shape index (κ2) is 2.46. The van der Waals surface area contributed by atoms with E-state index in [4.69, 9.17) is 0 Å². The van der Waals surface area contributed by atoms with Crippen molar-refractivity contribution >= 4 is 12.4 Å². The summed E-state index contributed by atoms with van der Waals surface area (Å²) in [7, 11) is 0. The molecule has 0 aromatic carbocycles. The summed E-state index contributed by atoms with van der Waals surface area (Å²) in [4.78, 5) is 0. The molecule has 0 amide bonds. The highest BCUT2D eigenvalue weighted by atomic mass is 15.2. The minimum atomic E-state index is 0.456. The second-order valence-electron chi connectivity index (χ2n) is 2.95. The van der Waals surface area contributed by atoms with Crippen LogP contribution in [0.25, 0.3) is 0 Å². The van der Waals surface area contributed by atoms with Crippen LogP contribution in [0.1, 0.15) is 6.92 Å². The molecule has 0 fully saturated rings. The molecule has 0 aromatic heterocycles. The van der Waals surface area contributed by atoms with Crippen molar-refractivity contribution < 1.29 is 0 Å². The van der Waals surface area contributed by atoms with E-state index in [9.17, 15) is 0 Å². The smallest absolute Gasteiger partial charge is 0.0534 e. The molecule has 1 aliphatic heterocycles. The molecular weight excluding hydrogens is 136 g/mol. The molecule has 2 atom stereocenters. The Balaban J connectivity index is 2.35. The zero-order valence-corrected chi connectivity index (χ0v) is 6.44. The molecule has 0 bridgehead atoms. The normalized spacial score (nSPS) is 33.4. The van der Waals surface area contributed by atoms with E-state index in [0.717, 1.165) is 0 Å². The fraction of sp³-hybridized carbons (Fsp3) is 0.333. The Morgan fingerprint density at radius 2 is 2.27 bits per heavy atom. The molecule has 0 N–H and O–H groups in total. The van der Waals surface area contributed by atoms with Crippen LogP contribution in [-0.2, 0) is 0 Å². The van der Waals surface area contributed by atoms with Gasteiger partial charge in [-0.15, -0.1) is 0 Å². The van der Waals surface area contributed by atoms with E-state index < -0.39 is 0 Å². The zero-order chi connectivity index (χ0) is 7.68. The van der Waals surface area contributed by atoms with Gasteiger partial charge in [0.15, 0.2) is 0 Å². The maximum absolute atomic E-state index is 3.88. The third kappa shape index (κ3) is 1.04. The summed E-state index contributed by atoms with van der Waals surface area (Å²) in [5.41, 5.74) is 1.27. The van der Waals surface area contributed by atoms with Crippen molar-refractivity contribution in [1.82, 2.24) is 0 Å². The Morgan fingerprint density at radius 1 is 1.36 bits per heavy atom. The SMILES string of the molecule is CC1C=CC=C2C=NN=CC21. The van der Waals surface area contributed by atoms with Gasteiger partial charge in [-0.1, -0.05) is 25.2 Å². The van der Waals surface area contributed by atoms with Gasteiger partial charge in [-0.05, 0) is 11.5 Å². The molecule has 1 heterocycles. The third-order valence-electron chi connectivity index (χ3n) is 2.16. The average molecular weight is 146 g/mol. The molecule has 0 radical (unpaired) electrons. The van der Waals surface area contributed by atoms with Crippen molar-refractivity contribution in [3.63, 3.8) is 0 Å². The van der Waals surface area contributed by atoms with Crippen molar-refractivity contribution in [1.29, 1.82) is 0 Å². The van der Waals surface area contributed by atoms with Crippen molar-refractivity contribution in [2.75, 3.05) is 0 Å². The van der Waals surface area contributed by atoms with E-state index in [1.54, 1.807) is 0 Å². The minimum Gasteiger partial charge on any atom is -0.163 e. The molecule has 2 unspecified atom stereocenters. The van der Waals surface area contributed by atoms with Crippen molar-refractivity contribution in [3.05, 3.63) is 23.8 Å². The summed E-state index contributed by atoms with van der Waals surface area (Å²) in [6.07, 6.45) is 10.1. The summed E-state index contributed by atoms with van der Waals surface area (Å²) < 4.78 is 0. The summed E-state index contributed by atoms with van der Waals surface area (Å²) >= 11 is 0. The molecule has 2 rings (SSSR count). The molecule has 1 aliphatic carbocycles. The Labute approximate surface area is 66.0 Å². The Morgan fingerprint density at radius 3 is 3.09 bits per heavy atom. The quantitative estimate of drug-likeness (QED) is 0.498. The fourth-order valence-corrected chi connectivity index (χ4v) is 1.44. The monoisotopic (exact) mass is 146 g/mol. The van der Waals surface area contributed by atoms with Crippen LogP contribution in [0.15, 0.2) is 34.0 Å². The highest BCUT2D eigenvalue weighted by Gasteiger charge is 2.20. The standard InChI is InChI=1S/C9H10N2/c1-7-3-2-4-8-5-10-11-6-9(7)8/h2-7,9H,1H3. The van der Waals surface area contributed by atoms with Crippen LogP contribution in [0.2, 0.25) is 0 Å². The van der Waals surface area contributed by atoms with E-state index in [0.29, 0.717) is 11.8 Å². The molecule has 2 aliphatic rings. The lowest BCUT2D eigenvalue weighted by atomic mass is 9.84. The second-order valence-corrected chi connectivity index (χ2v) is 2.95. The summed E-state index contributed by atoms with van der Waals surface area (Å²) in [6.45, 7) is 2.19. The molecule has 0 spiro atoms. The van der Waals surface area contributed by atoms with Gasteiger partial charge in [-0.2, -0.15) is 10.2 Å². The predicted octanol–water partition coefficient (Wildman–Crippen LogP) is 1.81. The van der Waals surface area contributed by atoms with Gasteiger partial charge in [0.25, 0.3) is 0 Å². The Bertz CT molecular complexity index is 271. The van der Waals surface area contributed by atoms with Gasteiger partial charge >= 0.3 is 0 Å². The van der Waals surface area contributed by atoms with Crippen LogP contribution < -0.4 is 0 Å². The van der Waals surface area contributed by atoms with Crippen molar-refractivity contribution in [2.24, 2.45) is 22.0 Å². The van der Waals surface area contributed by atoms with Crippen LogP contribution in [-0.4, -0.2) is 12.4 Å². The van der Waals surface area contributed by atoms with E-state index in [2.05, 4.69) is 35.4 Å². The average Bonchev–Trinajstić information content (AvgIpc) is 2.06. The number of fused-ring (bicyclic) bond motifs is 1. The van der Waals surface area contributed by atoms with Crippen molar-refractivity contribution in [3.8, 4) is 0 Å². The zero-order valence-electron chi connectivity index (χ0n) is 6.44. The first-order valence-electron chi connectivity index (χ1n) is 3.83. The van der Waals surface area contributed by atoms with Gasteiger partial charge in [0.05, 0.1) is 6.21 Å². The van der Waals surface area contributed by atoms with E-state index in [1.807, 2.05) is 12.4 Å². The number of nitrogens with zero attached hydrogens (tertiary/aromatic N) is 2. The molecule has 0 saturated heterocycles. The van der Waals surface area contributed by atoms with Gasteiger partial charge < -0.3 is 0 Å². The fourth-order valence-electron chi connectivity index (χ4n) is 1.44. The van der Waals surface area contributed by atoms with Gasteiger partial charge in [0, 0.05) is 12.1 Å². The van der Waals surface area contributed by atoms with Crippen molar-refractivity contribution in [2.45, 2.75) is 6.92 Å². The third-order valence-corrected chi connectivity index (χ3v) is 2.16. The lowest BCUT2D eigenvalue weighted by Gasteiger charge is -2.22. The van der Waals surface area contributed by atoms with Gasteiger partial charge in [0.1, 0.15) is 0 Å². The molecule has 2 heteroatoms. The summed E-state index contributed by atoms with van der Waals surface area (Å²) in [5, 5.41) is 7.72. The maximum Gasteiger partial charge on any atom is 0.0534 e. The van der Waals surface area contributed by atoms with Gasteiger partial charge in [-0.3, -0.25) is 0 Å².